The summed E-state index contributed by atoms with van der Waals surface area (Å²) in [5.74, 6) is -0.755. The maximum atomic E-state index is 12.8. The molecule has 1 N–H and O–H groups in total. The standard InChI is InChI=1S/C26H21NO7/c1-15(34-18-10-8-17(32-2)9-11-18)26(31)33-14-23(28)27-16-7-12-21-22(13-16)25(30)20-6-4-3-5-19(20)24(21)29/h3-13,15H,14H2,1-2H3,(H,27,28). The summed E-state index contributed by atoms with van der Waals surface area (Å²) in [6, 6.07) is 17.7. The SMILES string of the molecule is COc1ccc(OC(C)C(=O)OCC(=O)Nc2ccc3c(c2)C(=O)c2ccccc2C3=O)cc1. The Labute approximate surface area is 195 Å². The average molecular weight is 459 g/mol. The Hall–Kier alpha value is -4.46. The van der Waals surface area contributed by atoms with Crippen molar-refractivity contribution in [3.8, 4) is 11.5 Å². The lowest BCUT2D eigenvalue weighted by Gasteiger charge is -2.18. The number of carbonyl (C=O) groups excluding carboxylic acids is 4. The van der Waals surface area contributed by atoms with E-state index in [4.69, 9.17) is 14.2 Å². The predicted molar refractivity (Wildman–Crippen MR) is 122 cm³/mol. The molecule has 0 bridgehead atoms. The maximum Gasteiger partial charge on any atom is 0.347 e. The molecule has 1 aliphatic carbocycles. The van der Waals surface area contributed by atoms with Crippen molar-refractivity contribution >= 4 is 29.1 Å². The van der Waals surface area contributed by atoms with E-state index < -0.39 is 24.6 Å². The fraction of sp³-hybridized carbons (Fsp3) is 0.154. The lowest BCUT2D eigenvalue weighted by atomic mass is 9.84. The number of benzene rings is 3. The van der Waals surface area contributed by atoms with E-state index >= 15 is 0 Å². The maximum absolute atomic E-state index is 12.8. The van der Waals surface area contributed by atoms with Gasteiger partial charge in [-0.1, -0.05) is 24.3 Å². The smallest absolute Gasteiger partial charge is 0.347 e. The summed E-state index contributed by atoms with van der Waals surface area (Å²) in [6.45, 7) is 0.969. The number of esters is 1. The molecule has 0 spiro atoms. The van der Waals surface area contributed by atoms with Crippen LogP contribution in [0.25, 0.3) is 0 Å². The van der Waals surface area contributed by atoms with Gasteiger partial charge in [0, 0.05) is 27.9 Å². The molecule has 1 aliphatic rings. The minimum atomic E-state index is -0.936. The van der Waals surface area contributed by atoms with E-state index in [1.54, 1.807) is 55.6 Å². The number of rotatable bonds is 7. The van der Waals surface area contributed by atoms with Gasteiger partial charge in [-0.25, -0.2) is 4.79 Å². The van der Waals surface area contributed by atoms with E-state index in [0.717, 1.165) is 0 Å². The molecule has 0 saturated carbocycles. The number of ether oxygens (including phenoxy) is 3. The molecule has 4 rings (SSSR count). The number of anilines is 1. The van der Waals surface area contributed by atoms with Gasteiger partial charge >= 0.3 is 5.97 Å². The van der Waals surface area contributed by atoms with E-state index in [1.165, 1.54) is 25.1 Å². The van der Waals surface area contributed by atoms with Gasteiger partial charge in [-0.2, -0.15) is 0 Å². The van der Waals surface area contributed by atoms with Crippen molar-refractivity contribution in [2.45, 2.75) is 13.0 Å². The van der Waals surface area contributed by atoms with Crippen molar-refractivity contribution < 1.29 is 33.4 Å². The number of nitrogens with one attached hydrogen (secondary N) is 1. The van der Waals surface area contributed by atoms with Gasteiger partial charge in [-0.3, -0.25) is 14.4 Å². The lowest BCUT2D eigenvalue weighted by Crippen LogP contribution is -2.29. The summed E-state index contributed by atoms with van der Waals surface area (Å²) in [5, 5.41) is 2.57. The van der Waals surface area contributed by atoms with Crippen molar-refractivity contribution in [3.63, 3.8) is 0 Å². The van der Waals surface area contributed by atoms with Gasteiger partial charge in [-0.05, 0) is 49.4 Å². The Balaban J connectivity index is 1.35. The van der Waals surface area contributed by atoms with Crippen LogP contribution in [0, 0.1) is 0 Å². The van der Waals surface area contributed by atoms with Gasteiger partial charge in [0.25, 0.3) is 5.91 Å². The first kappa shape index (κ1) is 22.7. The summed E-state index contributed by atoms with van der Waals surface area (Å²) in [4.78, 5) is 50.0. The normalized spacial score (nSPS) is 12.8. The molecule has 0 fully saturated rings. The fourth-order valence-electron chi connectivity index (χ4n) is 3.53. The second kappa shape index (κ2) is 9.58. The monoisotopic (exact) mass is 459 g/mol. The molecule has 0 saturated heterocycles. The minimum absolute atomic E-state index is 0.208. The van der Waals surface area contributed by atoms with E-state index in [-0.39, 0.29) is 22.7 Å². The van der Waals surface area contributed by atoms with Gasteiger partial charge in [0.2, 0.25) is 0 Å². The highest BCUT2D eigenvalue weighted by Crippen LogP contribution is 2.29. The Kier molecular flexibility index (Phi) is 6.40. The van der Waals surface area contributed by atoms with Crippen molar-refractivity contribution in [1.29, 1.82) is 0 Å². The van der Waals surface area contributed by atoms with Gasteiger partial charge in [0.15, 0.2) is 24.3 Å². The highest BCUT2D eigenvalue weighted by atomic mass is 16.6. The van der Waals surface area contributed by atoms with Crippen LogP contribution >= 0.6 is 0 Å². The Morgan fingerprint density at radius 3 is 2.06 bits per heavy atom. The van der Waals surface area contributed by atoms with E-state index in [1.807, 2.05) is 0 Å². The van der Waals surface area contributed by atoms with Gasteiger partial charge in [0.05, 0.1) is 7.11 Å². The molecule has 8 nitrogen and oxygen atoms in total. The number of amides is 1. The van der Waals surface area contributed by atoms with Crippen molar-refractivity contribution in [2.24, 2.45) is 0 Å². The summed E-state index contributed by atoms with van der Waals surface area (Å²) in [6.07, 6.45) is -0.936. The highest BCUT2D eigenvalue weighted by molar-refractivity contribution is 6.28. The molecule has 1 amide bonds. The van der Waals surface area contributed by atoms with Crippen molar-refractivity contribution in [3.05, 3.63) is 89.0 Å². The molecule has 0 aliphatic heterocycles. The molecule has 0 radical (unpaired) electrons. The zero-order valence-electron chi connectivity index (χ0n) is 18.5. The van der Waals surface area contributed by atoms with Gasteiger partial charge in [-0.15, -0.1) is 0 Å². The number of hydrogen-bond acceptors (Lipinski definition) is 7. The zero-order valence-corrected chi connectivity index (χ0v) is 18.5. The molecule has 3 aromatic carbocycles. The van der Waals surface area contributed by atoms with Crippen LogP contribution in [-0.2, 0) is 14.3 Å². The van der Waals surface area contributed by atoms with Crippen molar-refractivity contribution in [1.82, 2.24) is 0 Å². The molecule has 1 atom stereocenters. The first-order chi connectivity index (χ1) is 16.4. The third-order valence-corrected chi connectivity index (χ3v) is 5.26. The van der Waals surface area contributed by atoms with E-state index in [2.05, 4.69) is 5.32 Å². The summed E-state index contributed by atoms with van der Waals surface area (Å²) in [5.41, 5.74) is 1.47. The van der Waals surface area contributed by atoms with E-state index in [9.17, 15) is 19.2 Å². The third kappa shape index (κ3) is 4.66. The lowest BCUT2D eigenvalue weighted by molar-refractivity contribution is -0.153. The Morgan fingerprint density at radius 2 is 1.41 bits per heavy atom. The number of carbonyl (C=O) groups is 4. The Morgan fingerprint density at radius 1 is 0.824 bits per heavy atom. The highest BCUT2D eigenvalue weighted by Gasteiger charge is 2.29. The number of hydrogen-bond donors (Lipinski definition) is 1. The van der Waals surface area contributed by atoms with Crippen LogP contribution in [0.2, 0.25) is 0 Å². The van der Waals surface area contributed by atoms with Crippen LogP contribution in [0.1, 0.15) is 38.8 Å². The molecule has 8 heteroatoms. The van der Waals surface area contributed by atoms with Gasteiger partial charge < -0.3 is 19.5 Å². The van der Waals surface area contributed by atoms with Crippen LogP contribution in [0.3, 0.4) is 0 Å². The van der Waals surface area contributed by atoms with Crippen LogP contribution in [-0.4, -0.2) is 43.3 Å². The van der Waals surface area contributed by atoms with E-state index in [0.29, 0.717) is 28.3 Å². The number of fused-ring (bicyclic) bond motifs is 2. The van der Waals surface area contributed by atoms with Crippen LogP contribution < -0.4 is 14.8 Å². The second-order valence-electron chi connectivity index (χ2n) is 7.56. The zero-order chi connectivity index (χ0) is 24.2. The molecule has 3 aromatic rings. The topological polar surface area (TPSA) is 108 Å². The number of methoxy groups -OCH3 is 1. The minimum Gasteiger partial charge on any atom is -0.497 e. The largest absolute Gasteiger partial charge is 0.497 e. The summed E-state index contributed by atoms with van der Waals surface area (Å²) in [7, 11) is 1.54. The number of ketones is 2. The van der Waals surface area contributed by atoms with Gasteiger partial charge in [0.1, 0.15) is 11.5 Å². The quantitative estimate of drug-likeness (QED) is 0.422. The molecule has 172 valence electrons. The third-order valence-electron chi connectivity index (χ3n) is 5.26. The van der Waals surface area contributed by atoms with Crippen molar-refractivity contribution in [2.75, 3.05) is 19.0 Å². The molecular formula is C26H21NO7. The summed E-state index contributed by atoms with van der Waals surface area (Å²) < 4.78 is 15.6. The first-order valence-electron chi connectivity index (χ1n) is 10.5. The first-order valence-corrected chi connectivity index (χ1v) is 10.5. The average Bonchev–Trinajstić information content (AvgIpc) is 2.86. The molecule has 34 heavy (non-hydrogen) atoms. The molecular weight excluding hydrogens is 438 g/mol. The molecule has 1 unspecified atom stereocenters. The Bertz CT molecular complexity index is 1280. The molecule has 0 heterocycles. The van der Waals surface area contributed by atoms with Crippen LogP contribution in [0.5, 0.6) is 11.5 Å². The second-order valence-corrected chi connectivity index (χ2v) is 7.56. The predicted octanol–water partition coefficient (Wildman–Crippen LogP) is 3.42. The van der Waals surface area contributed by atoms with Crippen LogP contribution in [0.15, 0.2) is 66.7 Å². The summed E-state index contributed by atoms with van der Waals surface area (Å²) >= 11 is 0. The fourth-order valence-corrected chi connectivity index (χ4v) is 3.53. The van der Waals surface area contributed by atoms with Crippen LogP contribution in [0.4, 0.5) is 5.69 Å². The molecule has 0 aromatic heterocycles.